The van der Waals surface area contributed by atoms with Crippen LogP contribution in [-0.4, -0.2) is 23.0 Å². The summed E-state index contributed by atoms with van der Waals surface area (Å²) >= 11 is 0. The van der Waals surface area contributed by atoms with Crippen molar-refractivity contribution >= 4 is 11.6 Å². The average Bonchev–Trinajstić information content (AvgIpc) is 3.15. The first kappa shape index (κ1) is 13.6. The van der Waals surface area contributed by atoms with Gasteiger partial charge < -0.3 is 10.6 Å². The summed E-state index contributed by atoms with van der Waals surface area (Å²) in [6, 6.07) is -0.969. The van der Waals surface area contributed by atoms with Crippen molar-refractivity contribution < 1.29 is 22.4 Å². The van der Waals surface area contributed by atoms with Crippen molar-refractivity contribution in [2.45, 2.75) is 31.8 Å². The Morgan fingerprint density at radius 3 is 2.21 bits per heavy atom. The molecule has 0 bridgehead atoms. The molecular weight excluding hydrogens is 266 g/mol. The first-order valence-corrected chi connectivity index (χ1v) is 5.67. The largest absolute Gasteiger partial charge is 0.369 e. The topological polar surface area (TPSA) is 54.0 Å². The van der Waals surface area contributed by atoms with E-state index in [1.54, 1.807) is 0 Å². The fourth-order valence-electron chi connectivity index (χ4n) is 1.45. The van der Waals surface area contributed by atoms with Gasteiger partial charge >= 0.3 is 0 Å². The van der Waals surface area contributed by atoms with Crippen LogP contribution in [0.25, 0.3) is 0 Å². The number of hydrogen-bond donors (Lipinski definition) is 2. The third-order valence-corrected chi connectivity index (χ3v) is 2.68. The van der Waals surface area contributed by atoms with E-state index in [-0.39, 0.29) is 6.04 Å². The molecule has 1 amide bonds. The maximum Gasteiger partial charge on any atom is 0.253 e. The number of rotatable bonds is 4. The predicted octanol–water partition coefficient (Wildman–Crippen LogP) is 1.72. The number of nitrogens with zero attached hydrogens (tertiary/aromatic N) is 1. The van der Waals surface area contributed by atoms with Crippen molar-refractivity contribution in [3.8, 4) is 0 Å². The van der Waals surface area contributed by atoms with Gasteiger partial charge in [-0.3, -0.25) is 4.79 Å². The molecular formula is C11H11F4N3O. The molecule has 8 heteroatoms. The molecule has 1 aliphatic carbocycles. The SMILES string of the molecule is CC(Nc1c(F)c(F)nc(F)c1F)C(=O)NC1CC1. The molecule has 1 heterocycles. The molecule has 1 aliphatic rings. The van der Waals surface area contributed by atoms with Crippen LogP contribution in [0.4, 0.5) is 23.2 Å². The molecule has 0 aliphatic heterocycles. The van der Waals surface area contributed by atoms with Crippen LogP contribution in [0.5, 0.6) is 0 Å². The summed E-state index contributed by atoms with van der Waals surface area (Å²) < 4.78 is 52.3. The second-order valence-corrected chi connectivity index (χ2v) is 4.35. The van der Waals surface area contributed by atoms with E-state index in [4.69, 9.17) is 0 Å². The molecule has 104 valence electrons. The summed E-state index contributed by atoms with van der Waals surface area (Å²) in [5.41, 5.74) is -1.04. The smallest absolute Gasteiger partial charge is 0.253 e. The van der Waals surface area contributed by atoms with Gasteiger partial charge in [-0.05, 0) is 19.8 Å². The second-order valence-electron chi connectivity index (χ2n) is 4.35. The Bertz CT molecular complexity index is 493. The summed E-state index contributed by atoms with van der Waals surface area (Å²) in [5.74, 6) is -7.36. The van der Waals surface area contributed by atoms with Crippen LogP contribution in [0.3, 0.4) is 0 Å². The van der Waals surface area contributed by atoms with Gasteiger partial charge in [-0.15, -0.1) is 0 Å². The zero-order chi connectivity index (χ0) is 14.2. The number of nitrogens with one attached hydrogen (secondary N) is 2. The Kier molecular flexibility index (Phi) is 3.59. The first-order chi connectivity index (χ1) is 8.90. The Balaban J connectivity index is 2.15. The molecule has 19 heavy (non-hydrogen) atoms. The fraction of sp³-hybridized carbons (Fsp3) is 0.455. The third kappa shape index (κ3) is 2.94. The highest BCUT2D eigenvalue weighted by molar-refractivity contribution is 5.84. The van der Waals surface area contributed by atoms with Crippen LogP contribution in [0.2, 0.25) is 0 Å². The van der Waals surface area contributed by atoms with E-state index in [2.05, 4.69) is 15.6 Å². The van der Waals surface area contributed by atoms with Gasteiger partial charge in [-0.2, -0.15) is 22.5 Å². The fourth-order valence-corrected chi connectivity index (χ4v) is 1.45. The number of carbonyl (C=O) groups is 1. The van der Waals surface area contributed by atoms with E-state index in [0.29, 0.717) is 0 Å². The van der Waals surface area contributed by atoms with E-state index in [1.165, 1.54) is 6.92 Å². The van der Waals surface area contributed by atoms with E-state index in [1.807, 2.05) is 0 Å². The van der Waals surface area contributed by atoms with Gasteiger partial charge in [-0.25, -0.2) is 0 Å². The average molecular weight is 277 g/mol. The van der Waals surface area contributed by atoms with Crippen LogP contribution >= 0.6 is 0 Å². The zero-order valence-corrected chi connectivity index (χ0v) is 9.94. The monoisotopic (exact) mass is 277 g/mol. The first-order valence-electron chi connectivity index (χ1n) is 5.67. The molecule has 1 fully saturated rings. The Morgan fingerprint density at radius 1 is 1.21 bits per heavy atom. The number of hydrogen-bond acceptors (Lipinski definition) is 3. The van der Waals surface area contributed by atoms with E-state index in [0.717, 1.165) is 12.8 Å². The standard InChI is InChI=1S/C11H11F4N3O/c1-4(11(19)17-5-2-3-5)16-8-6(12)9(14)18-10(15)7(8)13/h4-5H,2-3H2,1H3,(H,16,18)(H,17,19). The normalized spacial score (nSPS) is 16.1. The van der Waals surface area contributed by atoms with Gasteiger partial charge in [0.25, 0.3) is 11.9 Å². The second kappa shape index (κ2) is 5.02. The molecule has 0 saturated heterocycles. The van der Waals surface area contributed by atoms with Gasteiger partial charge in [0.1, 0.15) is 11.7 Å². The van der Waals surface area contributed by atoms with Crippen molar-refractivity contribution in [2.75, 3.05) is 5.32 Å². The number of amides is 1. The quantitative estimate of drug-likeness (QED) is 0.651. The maximum absolute atomic E-state index is 13.3. The highest BCUT2D eigenvalue weighted by Gasteiger charge is 2.28. The van der Waals surface area contributed by atoms with Crippen LogP contribution in [0.15, 0.2) is 0 Å². The van der Waals surface area contributed by atoms with Crippen molar-refractivity contribution in [1.29, 1.82) is 0 Å². The molecule has 0 aromatic carbocycles. The molecule has 1 atom stereocenters. The Labute approximate surface area is 106 Å². The van der Waals surface area contributed by atoms with Gasteiger partial charge in [0.15, 0.2) is 0 Å². The van der Waals surface area contributed by atoms with Gasteiger partial charge in [0, 0.05) is 6.04 Å². The van der Waals surface area contributed by atoms with E-state index in [9.17, 15) is 22.4 Å². The van der Waals surface area contributed by atoms with Crippen molar-refractivity contribution in [2.24, 2.45) is 0 Å². The Hall–Kier alpha value is -1.86. The van der Waals surface area contributed by atoms with Crippen molar-refractivity contribution in [3.05, 3.63) is 23.5 Å². The molecule has 4 nitrogen and oxygen atoms in total. The van der Waals surface area contributed by atoms with Crippen molar-refractivity contribution in [3.63, 3.8) is 0 Å². The third-order valence-electron chi connectivity index (χ3n) is 2.68. The lowest BCUT2D eigenvalue weighted by Gasteiger charge is -2.16. The van der Waals surface area contributed by atoms with Gasteiger partial charge in [-0.1, -0.05) is 0 Å². The lowest BCUT2D eigenvalue weighted by Crippen LogP contribution is -2.39. The lowest BCUT2D eigenvalue weighted by molar-refractivity contribution is -0.121. The molecule has 2 N–H and O–H groups in total. The number of carbonyl (C=O) groups excluding carboxylic acids is 1. The molecule has 0 radical (unpaired) electrons. The number of halogens is 4. The van der Waals surface area contributed by atoms with E-state index >= 15 is 0 Å². The predicted molar refractivity (Wildman–Crippen MR) is 58.3 cm³/mol. The Morgan fingerprint density at radius 2 is 1.74 bits per heavy atom. The minimum absolute atomic E-state index is 0.0670. The highest BCUT2D eigenvalue weighted by atomic mass is 19.2. The summed E-state index contributed by atoms with van der Waals surface area (Å²) in [4.78, 5) is 14.0. The number of aromatic nitrogens is 1. The van der Waals surface area contributed by atoms with Crippen LogP contribution < -0.4 is 10.6 Å². The minimum Gasteiger partial charge on any atom is -0.369 e. The maximum atomic E-state index is 13.3. The summed E-state index contributed by atoms with van der Waals surface area (Å²) in [6.07, 6.45) is 1.69. The van der Waals surface area contributed by atoms with Crippen LogP contribution in [-0.2, 0) is 4.79 Å². The summed E-state index contributed by atoms with van der Waals surface area (Å²) in [7, 11) is 0. The number of anilines is 1. The molecule has 2 rings (SSSR count). The molecule has 1 aromatic rings. The zero-order valence-electron chi connectivity index (χ0n) is 9.94. The summed E-state index contributed by atoms with van der Waals surface area (Å²) in [6.45, 7) is 1.33. The minimum atomic E-state index is -1.77. The molecule has 1 saturated carbocycles. The van der Waals surface area contributed by atoms with Crippen LogP contribution in [0, 0.1) is 23.5 Å². The molecule has 1 aromatic heterocycles. The van der Waals surface area contributed by atoms with E-state index < -0.39 is 41.2 Å². The number of pyridine rings is 1. The molecule has 0 spiro atoms. The lowest BCUT2D eigenvalue weighted by atomic mass is 10.2. The van der Waals surface area contributed by atoms with Crippen molar-refractivity contribution in [1.82, 2.24) is 10.3 Å². The van der Waals surface area contributed by atoms with Gasteiger partial charge in [0.05, 0.1) is 0 Å². The summed E-state index contributed by atoms with van der Waals surface area (Å²) in [5, 5.41) is 4.70. The molecule has 1 unspecified atom stereocenters. The van der Waals surface area contributed by atoms with Gasteiger partial charge in [0.2, 0.25) is 17.5 Å². The highest BCUT2D eigenvalue weighted by Crippen LogP contribution is 2.23. The van der Waals surface area contributed by atoms with Crippen LogP contribution in [0.1, 0.15) is 19.8 Å².